The number of fused-ring (bicyclic) bond motifs is 2. The molecule has 3 aromatic carbocycles. The number of amides is 3. The molecule has 1 aromatic heterocycles. The summed E-state index contributed by atoms with van der Waals surface area (Å²) in [4.78, 5) is 60.2. The van der Waals surface area contributed by atoms with Crippen molar-refractivity contribution in [2.75, 3.05) is 38.1 Å². The summed E-state index contributed by atoms with van der Waals surface area (Å²) in [7, 11) is 1.75. The number of hydrogen-bond acceptors (Lipinski definition) is 9. The Hall–Kier alpha value is -5.61. The zero-order chi connectivity index (χ0) is 41.1. The van der Waals surface area contributed by atoms with E-state index in [4.69, 9.17) is 9.25 Å². The summed E-state index contributed by atoms with van der Waals surface area (Å²) in [5, 5.41) is 11.3. The maximum atomic E-state index is 14.5. The van der Waals surface area contributed by atoms with Gasteiger partial charge < -0.3 is 31.5 Å². The zero-order valence-corrected chi connectivity index (χ0v) is 36.5. The molecule has 59 heavy (non-hydrogen) atoms. The van der Waals surface area contributed by atoms with Crippen LogP contribution < -0.4 is 27.2 Å². The van der Waals surface area contributed by atoms with E-state index < -0.39 is 17.8 Å². The van der Waals surface area contributed by atoms with Crippen LogP contribution in [0, 0.1) is 3.70 Å². The van der Waals surface area contributed by atoms with Crippen LogP contribution in [0.15, 0.2) is 89.3 Å². The highest BCUT2D eigenvalue weighted by atomic mass is 125. The molecule has 13 nitrogen and oxygen atoms in total. The molecule has 2 aliphatic heterocycles. The second kappa shape index (κ2) is 18.5. The van der Waals surface area contributed by atoms with Crippen LogP contribution in [0.1, 0.15) is 72.5 Å². The van der Waals surface area contributed by atoms with Crippen molar-refractivity contribution in [1.29, 1.82) is 0 Å². The summed E-state index contributed by atoms with van der Waals surface area (Å²) in [6.07, 6.45) is 0.0292. The van der Waals surface area contributed by atoms with E-state index in [-0.39, 0.29) is 49.8 Å². The summed E-state index contributed by atoms with van der Waals surface area (Å²) in [6.45, 7) is 12.5. The van der Waals surface area contributed by atoms with E-state index in [1.165, 1.54) is 0 Å². The van der Waals surface area contributed by atoms with E-state index in [9.17, 15) is 19.2 Å². The van der Waals surface area contributed by atoms with Crippen molar-refractivity contribution in [3.63, 3.8) is 0 Å². The number of hydroxylamine groups is 2. The van der Waals surface area contributed by atoms with Gasteiger partial charge in [0.15, 0.2) is 0 Å². The van der Waals surface area contributed by atoms with Gasteiger partial charge in [0.05, 0.1) is 24.7 Å². The molecule has 0 atom stereocenters. The van der Waals surface area contributed by atoms with Gasteiger partial charge in [0, 0.05) is 72.9 Å². The minimum absolute atomic E-state index is 0. The first-order valence-corrected chi connectivity index (χ1v) is 20.6. The first-order chi connectivity index (χ1) is 28.0. The zero-order valence-electron chi connectivity index (χ0n) is 33.6. The molecular weight excluding hydrogens is 883 g/mol. The molecule has 3 amide bonds. The third kappa shape index (κ3) is 8.74. The van der Waals surface area contributed by atoms with E-state index in [0.717, 1.165) is 79.9 Å². The third-order valence-corrected chi connectivity index (χ3v) is 11.7. The smallest absolute Gasteiger partial charge is 0.363 e. The van der Waals surface area contributed by atoms with Crippen molar-refractivity contribution >= 4 is 62.9 Å². The van der Waals surface area contributed by atoms with Gasteiger partial charge in [-0.3, -0.25) is 14.4 Å². The monoisotopic (exact) mass is 927 g/mol. The fourth-order valence-corrected chi connectivity index (χ4v) is 7.96. The summed E-state index contributed by atoms with van der Waals surface area (Å²) in [6, 6.07) is 27.0. The Bertz CT molecular complexity index is 2580. The van der Waals surface area contributed by atoms with Crippen LogP contribution in [0.3, 0.4) is 0 Å². The first-order valence-electron chi connectivity index (χ1n) is 19.5. The predicted octanol–water partition coefficient (Wildman–Crippen LogP) is 3.60. The Morgan fingerprint density at radius 3 is 2.32 bits per heavy atom. The molecule has 0 N–H and O–H groups in total. The highest BCUT2D eigenvalue weighted by Crippen LogP contribution is 2.42. The van der Waals surface area contributed by atoms with E-state index >= 15 is 0 Å². The van der Waals surface area contributed by atoms with Gasteiger partial charge in [-0.2, -0.15) is 0 Å². The van der Waals surface area contributed by atoms with Crippen molar-refractivity contribution in [2.45, 2.75) is 53.6 Å². The van der Waals surface area contributed by atoms with Crippen molar-refractivity contribution in [3.05, 3.63) is 116 Å². The number of anilines is 1. The van der Waals surface area contributed by atoms with E-state index in [2.05, 4.69) is 106 Å². The van der Waals surface area contributed by atoms with Crippen molar-refractivity contribution in [2.24, 2.45) is 0 Å². The Balaban J connectivity index is 0.00000585. The minimum Gasteiger partial charge on any atom is -1.00 e. The number of rotatable bonds is 13. The lowest BCUT2D eigenvalue weighted by molar-refractivity contribution is -0.172. The molecule has 1 aliphatic carbocycles. The van der Waals surface area contributed by atoms with Gasteiger partial charge in [-0.1, -0.05) is 35.5 Å². The number of benzene rings is 4. The number of carbonyl (C=O) groups excluding carboxylic acids is 4. The highest BCUT2D eigenvalue weighted by Gasteiger charge is 2.33. The summed E-state index contributed by atoms with van der Waals surface area (Å²) in [5.74, 6) is -1.33. The molecule has 3 aliphatic rings. The van der Waals surface area contributed by atoms with Gasteiger partial charge in [-0.25, -0.2) is 14.1 Å². The summed E-state index contributed by atoms with van der Waals surface area (Å²) in [5.41, 5.74) is 6.51. The number of nitrogens with zero attached hydrogens (tertiary/aromatic N) is 7. The van der Waals surface area contributed by atoms with Gasteiger partial charge in [-0.15, -0.1) is 10.2 Å². The number of hydrogen-bond donors (Lipinski definition) is 0. The molecule has 0 unspecified atom stereocenters. The van der Waals surface area contributed by atoms with Gasteiger partial charge in [0.2, 0.25) is 5.36 Å². The fourth-order valence-electron chi connectivity index (χ4n) is 7.42. The Kier molecular flexibility index (Phi) is 13.5. The van der Waals surface area contributed by atoms with Gasteiger partial charge >= 0.3 is 5.97 Å². The number of carbonyl (C=O) groups is 4. The molecule has 0 radical (unpaired) electrons. The summed E-state index contributed by atoms with van der Waals surface area (Å²) < 4.78 is 11.4. The Morgan fingerprint density at radius 1 is 0.881 bits per heavy atom. The molecule has 0 spiro atoms. The molecule has 1 saturated heterocycles. The number of halogens is 2. The SMILES string of the molecule is CCN(CC)c1ccc2c(-c3ccccc3C(=O)N(C)Cc3nnn(Cc4cccc(C(=O)ON5C(=O)CCC5=O)c4)c3[125I])c3ccc(=[N+](CC)CC)cc-3oc2c1.[Cl-]. The number of aromatic nitrogens is 3. The van der Waals surface area contributed by atoms with Gasteiger partial charge in [0.25, 0.3) is 17.7 Å². The van der Waals surface area contributed by atoms with Crippen LogP contribution in [0.25, 0.3) is 33.4 Å². The Morgan fingerprint density at radius 2 is 1.61 bits per heavy atom. The van der Waals surface area contributed by atoms with Crippen LogP contribution in [-0.2, 0) is 27.5 Å². The quantitative estimate of drug-likeness (QED) is 0.0738. The molecular formula is C44H45ClIN7O6. The van der Waals surface area contributed by atoms with E-state index in [0.29, 0.717) is 16.3 Å². The molecule has 306 valence electrons. The number of imide groups is 1. The average molecular weight is 928 g/mol. The second-order valence-electron chi connectivity index (χ2n) is 14.0. The Labute approximate surface area is 362 Å². The van der Waals surface area contributed by atoms with Crippen LogP contribution >= 0.6 is 22.6 Å². The predicted molar refractivity (Wildman–Crippen MR) is 229 cm³/mol. The second-order valence-corrected chi connectivity index (χ2v) is 15.1. The first kappa shape index (κ1) is 43.0. The van der Waals surface area contributed by atoms with Gasteiger partial charge in [0.1, 0.15) is 33.8 Å². The molecule has 15 heteroatoms. The third-order valence-electron chi connectivity index (χ3n) is 10.5. The maximum Gasteiger partial charge on any atom is 0.363 e. The lowest BCUT2D eigenvalue weighted by atomic mass is 9.90. The summed E-state index contributed by atoms with van der Waals surface area (Å²) >= 11 is 2.16. The molecule has 0 saturated carbocycles. The van der Waals surface area contributed by atoms with Crippen molar-refractivity contribution in [3.8, 4) is 22.5 Å². The van der Waals surface area contributed by atoms with E-state index in [1.54, 1.807) is 34.8 Å². The van der Waals surface area contributed by atoms with Crippen molar-refractivity contribution < 1.29 is 40.8 Å². The molecule has 0 bridgehead atoms. The fraction of sp³-hybridized carbons (Fsp3) is 0.295. The molecule has 4 aromatic rings. The van der Waals surface area contributed by atoms with Crippen LogP contribution in [-0.4, -0.2) is 81.9 Å². The topological polar surface area (TPSA) is 134 Å². The minimum atomic E-state index is -0.806. The standard InChI is InChI=1S/C44H45IN7O6.ClH/c1-6-49(7-2)30-17-19-34-37(24-30)57-38-25-31(50(8-3)9-4)18-20-35(38)41(34)32-15-10-11-16-33(32)43(55)48(5)27-36-42(45)51(47-46-36)26-28-13-12-14-29(23-28)44(56)58-52-39(53)21-22-40(52)54;/h10-20,23-25H,6-9,21-22,26-27H2,1-5H3;1H/q+1;/p-1/i45-2;. The largest absolute Gasteiger partial charge is 1.00 e. The van der Waals surface area contributed by atoms with Crippen LogP contribution in [0.4, 0.5) is 5.69 Å². The highest BCUT2D eigenvalue weighted by molar-refractivity contribution is 14.1. The van der Waals surface area contributed by atoms with Crippen molar-refractivity contribution in [1.82, 2.24) is 29.5 Å². The average Bonchev–Trinajstić information content (AvgIpc) is 3.74. The lowest BCUT2D eigenvalue weighted by Gasteiger charge is -2.23. The molecule has 3 heterocycles. The van der Waals surface area contributed by atoms with Gasteiger partial charge in [-0.05, 0) is 97.8 Å². The van der Waals surface area contributed by atoms with Crippen LogP contribution in [0.2, 0.25) is 0 Å². The molecule has 7 rings (SSSR count). The lowest BCUT2D eigenvalue weighted by Crippen LogP contribution is -3.00. The molecule has 1 fully saturated rings. The van der Waals surface area contributed by atoms with Crippen LogP contribution in [0.5, 0.6) is 0 Å². The normalized spacial score (nSPS) is 12.5. The maximum absolute atomic E-state index is 14.5. The van der Waals surface area contributed by atoms with E-state index in [1.807, 2.05) is 30.3 Å².